The number of carbonyl (C=O) groups is 1. The number of hydrogen-bond donors (Lipinski definition) is 3. The molecule has 53 heavy (non-hydrogen) atoms. The summed E-state index contributed by atoms with van der Waals surface area (Å²) in [4.78, 5) is 12.3. The molecular weight excluding hydrogens is 651 g/mol. The number of carbonyl (C=O) groups excluding carboxylic acids is 1. The highest BCUT2D eigenvalue weighted by molar-refractivity contribution is 5.76. The van der Waals surface area contributed by atoms with Gasteiger partial charge in [-0.3, -0.25) is 4.79 Å². The third-order valence-electron chi connectivity index (χ3n) is 9.36. The predicted molar refractivity (Wildman–Crippen MR) is 234 cm³/mol. The second-order valence-corrected chi connectivity index (χ2v) is 14.4. The third-order valence-corrected chi connectivity index (χ3v) is 9.36. The van der Waals surface area contributed by atoms with Crippen LogP contribution in [0.2, 0.25) is 0 Å². The predicted octanol–water partition coefficient (Wildman–Crippen LogP) is 13.8. The van der Waals surface area contributed by atoms with Gasteiger partial charge in [0.1, 0.15) is 0 Å². The molecule has 4 nitrogen and oxygen atoms in total. The summed E-state index contributed by atoms with van der Waals surface area (Å²) in [6, 6.07) is -0.544. The van der Waals surface area contributed by atoms with Crippen molar-refractivity contribution in [3.8, 4) is 0 Å². The van der Waals surface area contributed by atoms with Crippen LogP contribution in [-0.2, 0) is 4.79 Å². The fourth-order valence-corrected chi connectivity index (χ4v) is 6.02. The Hall–Kier alpha value is -2.69. The standard InChI is InChI=1S/C49H83NO3/c1-3-5-7-9-11-13-14-15-16-17-18-19-20-21-22-23-24-25-26-27-28-29-30-31-32-33-34-35-36-37-39-41-43-45-49(53)50-47(46-51)48(52)44-42-40-38-12-10-8-6-4-2/h5,7,11,13,15-16,18-19,21-22,24-25,27-28,30-31,47-48,51-52H,3-4,6,8-10,12,14,17,20,23,26,29,32-46H2,1-2H3,(H,50,53)/b7-5-,13-11-,16-15-,19-18-,22-21-,25-24-,28-27-,31-30-. The maximum absolute atomic E-state index is 12.3. The van der Waals surface area contributed by atoms with Crippen LogP contribution in [0.3, 0.4) is 0 Å². The lowest BCUT2D eigenvalue weighted by Crippen LogP contribution is -2.45. The SMILES string of the molecule is CC/C=C\C/C=C\C/C=C\C/C=C\C/C=C\C/C=C\C/C=C\C/C=C\CCCCCCCCCCC(=O)NC(CO)C(O)CCCCCCCCCC. The number of amides is 1. The maximum Gasteiger partial charge on any atom is 0.220 e. The van der Waals surface area contributed by atoms with Crippen LogP contribution in [-0.4, -0.2) is 34.9 Å². The molecule has 0 saturated heterocycles. The Kier molecular flexibility index (Phi) is 41.5. The maximum atomic E-state index is 12.3. The van der Waals surface area contributed by atoms with Gasteiger partial charge in [0, 0.05) is 6.42 Å². The molecule has 3 N–H and O–H groups in total. The van der Waals surface area contributed by atoms with Crippen molar-refractivity contribution in [2.75, 3.05) is 6.61 Å². The van der Waals surface area contributed by atoms with Gasteiger partial charge in [-0.1, -0.05) is 201 Å². The van der Waals surface area contributed by atoms with Gasteiger partial charge in [-0.25, -0.2) is 0 Å². The van der Waals surface area contributed by atoms with E-state index < -0.39 is 12.1 Å². The van der Waals surface area contributed by atoms with Crippen LogP contribution in [0.15, 0.2) is 97.2 Å². The van der Waals surface area contributed by atoms with Gasteiger partial charge in [0.25, 0.3) is 0 Å². The summed E-state index contributed by atoms with van der Waals surface area (Å²) in [5, 5.41) is 23.0. The number of allylic oxidation sites excluding steroid dienone is 16. The molecule has 0 fully saturated rings. The molecule has 0 aromatic carbocycles. The van der Waals surface area contributed by atoms with Crippen LogP contribution in [0.1, 0.15) is 187 Å². The van der Waals surface area contributed by atoms with E-state index in [9.17, 15) is 15.0 Å². The van der Waals surface area contributed by atoms with Crippen LogP contribution >= 0.6 is 0 Å². The second-order valence-electron chi connectivity index (χ2n) is 14.4. The number of aliphatic hydroxyl groups excluding tert-OH is 2. The molecule has 0 bridgehead atoms. The van der Waals surface area contributed by atoms with E-state index in [0.717, 1.165) is 77.0 Å². The molecule has 0 aromatic rings. The summed E-state index contributed by atoms with van der Waals surface area (Å²) in [7, 11) is 0. The molecule has 4 heteroatoms. The number of aliphatic hydroxyl groups is 2. The second kappa shape index (κ2) is 43.7. The molecule has 0 aliphatic rings. The molecule has 0 aromatic heterocycles. The van der Waals surface area contributed by atoms with Gasteiger partial charge >= 0.3 is 0 Å². The Morgan fingerprint density at radius 1 is 0.472 bits per heavy atom. The Labute approximate surface area is 328 Å². The molecule has 0 aliphatic heterocycles. The summed E-state index contributed by atoms with van der Waals surface area (Å²) in [5.74, 6) is -0.0487. The average molecular weight is 734 g/mol. The highest BCUT2D eigenvalue weighted by atomic mass is 16.3. The van der Waals surface area contributed by atoms with E-state index in [-0.39, 0.29) is 12.5 Å². The molecule has 0 spiro atoms. The van der Waals surface area contributed by atoms with E-state index in [2.05, 4.69) is 116 Å². The molecule has 302 valence electrons. The summed E-state index contributed by atoms with van der Waals surface area (Å²) in [6.45, 7) is 4.19. The van der Waals surface area contributed by atoms with E-state index in [1.165, 1.54) is 83.5 Å². The largest absolute Gasteiger partial charge is 0.394 e. The third kappa shape index (κ3) is 40.3. The fraction of sp³-hybridized carbons (Fsp3) is 0.653. The zero-order chi connectivity index (χ0) is 38.6. The van der Waals surface area contributed by atoms with Crippen molar-refractivity contribution in [2.45, 2.75) is 199 Å². The minimum atomic E-state index is -0.666. The van der Waals surface area contributed by atoms with Crippen molar-refractivity contribution in [3.63, 3.8) is 0 Å². The molecule has 2 unspecified atom stereocenters. The fourth-order valence-electron chi connectivity index (χ4n) is 6.02. The lowest BCUT2D eigenvalue weighted by Gasteiger charge is -2.22. The monoisotopic (exact) mass is 734 g/mol. The molecule has 0 rings (SSSR count). The van der Waals surface area contributed by atoms with Crippen LogP contribution in [0.4, 0.5) is 0 Å². The van der Waals surface area contributed by atoms with Gasteiger partial charge in [0.15, 0.2) is 0 Å². The van der Waals surface area contributed by atoms with Gasteiger partial charge in [0.2, 0.25) is 5.91 Å². The highest BCUT2D eigenvalue weighted by Crippen LogP contribution is 2.14. The van der Waals surface area contributed by atoms with Gasteiger partial charge in [-0.15, -0.1) is 0 Å². The number of nitrogens with one attached hydrogen (secondary N) is 1. The van der Waals surface area contributed by atoms with Gasteiger partial charge < -0.3 is 15.5 Å². The van der Waals surface area contributed by atoms with Crippen LogP contribution in [0.25, 0.3) is 0 Å². The van der Waals surface area contributed by atoms with Gasteiger partial charge in [0.05, 0.1) is 18.8 Å². The number of unbranched alkanes of at least 4 members (excludes halogenated alkanes) is 15. The topological polar surface area (TPSA) is 69.6 Å². The zero-order valence-corrected chi connectivity index (χ0v) is 34.5. The molecule has 0 aliphatic carbocycles. The van der Waals surface area contributed by atoms with E-state index in [4.69, 9.17) is 0 Å². The Morgan fingerprint density at radius 2 is 0.830 bits per heavy atom. The summed E-state index contributed by atoms with van der Waals surface area (Å²) in [6.07, 6.45) is 64.9. The number of rotatable bonds is 38. The lowest BCUT2D eigenvalue weighted by molar-refractivity contribution is -0.123. The minimum absolute atomic E-state index is 0.0487. The van der Waals surface area contributed by atoms with Crippen LogP contribution in [0, 0.1) is 0 Å². The van der Waals surface area contributed by atoms with Crippen LogP contribution < -0.4 is 5.32 Å². The van der Waals surface area contributed by atoms with Crippen molar-refractivity contribution >= 4 is 5.91 Å². The van der Waals surface area contributed by atoms with Crippen LogP contribution in [0.5, 0.6) is 0 Å². The zero-order valence-electron chi connectivity index (χ0n) is 34.5. The van der Waals surface area contributed by atoms with Gasteiger partial charge in [-0.2, -0.15) is 0 Å². The van der Waals surface area contributed by atoms with Crippen molar-refractivity contribution in [2.24, 2.45) is 0 Å². The Bertz CT molecular complexity index is 1010. The summed E-state index contributed by atoms with van der Waals surface area (Å²) >= 11 is 0. The molecule has 0 saturated carbocycles. The molecule has 1 amide bonds. The van der Waals surface area contributed by atoms with Crippen molar-refractivity contribution in [1.29, 1.82) is 0 Å². The quantitative estimate of drug-likeness (QED) is 0.0437. The smallest absolute Gasteiger partial charge is 0.220 e. The summed E-state index contributed by atoms with van der Waals surface area (Å²) < 4.78 is 0. The molecular formula is C49H83NO3. The molecule has 2 atom stereocenters. The van der Waals surface area contributed by atoms with E-state index in [1.807, 2.05) is 0 Å². The average Bonchev–Trinajstić information content (AvgIpc) is 3.16. The summed E-state index contributed by atoms with van der Waals surface area (Å²) in [5.41, 5.74) is 0. The Morgan fingerprint density at radius 3 is 1.25 bits per heavy atom. The minimum Gasteiger partial charge on any atom is -0.394 e. The number of hydrogen-bond acceptors (Lipinski definition) is 3. The van der Waals surface area contributed by atoms with Gasteiger partial charge in [-0.05, 0) is 77.0 Å². The first kappa shape index (κ1) is 50.3. The molecule has 0 heterocycles. The first-order valence-electron chi connectivity index (χ1n) is 21.9. The van der Waals surface area contributed by atoms with Crippen molar-refractivity contribution < 1.29 is 15.0 Å². The first-order chi connectivity index (χ1) is 26.2. The first-order valence-corrected chi connectivity index (χ1v) is 21.9. The highest BCUT2D eigenvalue weighted by Gasteiger charge is 2.19. The Balaban J connectivity index is 3.60. The van der Waals surface area contributed by atoms with Crippen molar-refractivity contribution in [1.82, 2.24) is 5.32 Å². The van der Waals surface area contributed by atoms with Crippen molar-refractivity contribution in [3.05, 3.63) is 97.2 Å². The lowest BCUT2D eigenvalue weighted by atomic mass is 10.0. The molecule has 0 radical (unpaired) electrons. The normalized spacial score (nSPS) is 14.0. The van der Waals surface area contributed by atoms with E-state index in [1.54, 1.807) is 0 Å². The van der Waals surface area contributed by atoms with E-state index in [0.29, 0.717) is 12.8 Å². The van der Waals surface area contributed by atoms with E-state index >= 15 is 0 Å².